The van der Waals surface area contributed by atoms with E-state index in [1.807, 2.05) is 31.0 Å². The van der Waals surface area contributed by atoms with Crippen molar-refractivity contribution in [1.29, 1.82) is 0 Å². The molecule has 0 bridgehead atoms. The van der Waals surface area contributed by atoms with Crippen molar-refractivity contribution < 1.29 is 14.2 Å². The molecule has 1 N–H and O–H groups in total. The number of methoxy groups -OCH3 is 3. The second-order valence-electron chi connectivity index (χ2n) is 5.63. The molecule has 0 spiro atoms. The third-order valence-electron chi connectivity index (χ3n) is 3.88. The molecule has 0 unspecified atom stereocenters. The molecule has 0 aliphatic carbocycles. The number of nitrogens with one attached hydrogen (secondary N) is 1. The lowest BCUT2D eigenvalue weighted by molar-refractivity contribution is 0.367. The van der Waals surface area contributed by atoms with Gasteiger partial charge in [-0.05, 0) is 6.92 Å². The van der Waals surface area contributed by atoms with Crippen molar-refractivity contribution in [3.63, 3.8) is 0 Å². The molecule has 0 atom stereocenters. The van der Waals surface area contributed by atoms with Crippen LogP contribution in [0.15, 0.2) is 22.5 Å². The highest BCUT2D eigenvalue weighted by atomic mass is 32.1. The van der Waals surface area contributed by atoms with Gasteiger partial charge >= 0.3 is 0 Å². The minimum atomic E-state index is 0.503. The second-order valence-corrected chi connectivity index (χ2v) is 6.69. The summed E-state index contributed by atoms with van der Waals surface area (Å²) in [4.78, 5) is 10.9. The van der Waals surface area contributed by atoms with Gasteiger partial charge in [-0.25, -0.2) is 4.98 Å². The third-order valence-corrected chi connectivity index (χ3v) is 4.70. The number of aromatic nitrogens is 1. The van der Waals surface area contributed by atoms with Crippen LogP contribution in [-0.4, -0.2) is 51.3 Å². The molecule has 0 radical (unpaired) electrons. The Morgan fingerprint density at radius 3 is 2.31 bits per heavy atom. The van der Waals surface area contributed by atoms with Gasteiger partial charge in [0.05, 0.1) is 50.7 Å². The lowest BCUT2D eigenvalue weighted by Crippen LogP contribution is -2.38. The van der Waals surface area contributed by atoms with Gasteiger partial charge in [0.25, 0.3) is 0 Å². The van der Waals surface area contributed by atoms with Crippen LogP contribution in [0.5, 0.6) is 17.2 Å². The van der Waals surface area contributed by atoms with Crippen LogP contribution in [0.25, 0.3) is 0 Å². The Labute approximate surface area is 158 Å². The predicted octanol–water partition coefficient (Wildman–Crippen LogP) is 2.68. The van der Waals surface area contributed by atoms with Crippen LogP contribution in [-0.2, 0) is 13.1 Å². The van der Waals surface area contributed by atoms with Crippen LogP contribution in [0.4, 0.5) is 0 Å². The zero-order chi connectivity index (χ0) is 19.1. The molecular weight excluding hydrogens is 352 g/mol. The predicted molar refractivity (Wildman–Crippen MR) is 105 cm³/mol. The maximum absolute atomic E-state index is 5.49. The molecule has 1 aromatic heterocycles. The van der Waals surface area contributed by atoms with Gasteiger partial charge in [-0.2, -0.15) is 0 Å². The molecule has 7 nitrogen and oxygen atoms in total. The Hall–Kier alpha value is -2.48. The number of aliphatic imine (C=N–C) groups is 1. The number of hydrogen-bond donors (Lipinski definition) is 1. The van der Waals surface area contributed by atoms with E-state index in [1.54, 1.807) is 39.7 Å². The number of rotatable bonds is 7. The molecule has 142 valence electrons. The number of nitrogens with zero attached hydrogens (tertiary/aromatic N) is 3. The maximum Gasteiger partial charge on any atom is 0.194 e. The zero-order valence-electron chi connectivity index (χ0n) is 16.1. The molecule has 0 amide bonds. The maximum atomic E-state index is 5.49. The fraction of sp³-hybridized carbons (Fsp3) is 0.444. The molecule has 0 saturated carbocycles. The Morgan fingerprint density at radius 2 is 1.85 bits per heavy atom. The van der Waals surface area contributed by atoms with Crippen LogP contribution >= 0.6 is 11.3 Å². The minimum Gasteiger partial charge on any atom is -0.496 e. The summed E-state index contributed by atoms with van der Waals surface area (Å²) in [6.45, 7) is 3.19. The normalized spacial score (nSPS) is 11.2. The van der Waals surface area contributed by atoms with E-state index < -0.39 is 0 Å². The lowest BCUT2D eigenvalue weighted by Gasteiger charge is -2.22. The summed E-state index contributed by atoms with van der Waals surface area (Å²) in [5, 5.41) is 6.47. The number of thiazole rings is 1. The number of hydrogen-bond acceptors (Lipinski definition) is 6. The minimum absolute atomic E-state index is 0.503. The molecule has 2 rings (SSSR count). The smallest absolute Gasteiger partial charge is 0.194 e. The van der Waals surface area contributed by atoms with Gasteiger partial charge < -0.3 is 24.4 Å². The standard InChI is InChI=1S/C18H26N4O3S/c1-12-21-13(11-26-12)10-22(3)18(19-2)20-9-15-16(24-5)7-14(23-4)8-17(15)25-6/h7-8,11H,9-10H2,1-6H3,(H,19,20). The summed E-state index contributed by atoms with van der Waals surface area (Å²) in [6, 6.07) is 3.67. The number of guanidine groups is 1. The summed E-state index contributed by atoms with van der Waals surface area (Å²) >= 11 is 1.65. The Kier molecular flexibility index (Phi) is 7.08. The molecule has 26 heavy (non-hydrogen) atoms. The van der Waals surface area contributed by atoms with Gasteiger partial charge in [-0.1, -0.05) is 0 Å². The monoisotopic (exact) mass is 378 g/mol. The largest absolute Gasteiger partial charge is 0.496 e. The van der Waals surface area contributed by atoms with E-state index in [0.717, 1.165) is 22.2 Å². The van der Waals surface area contributed by atoms with Gasteiger partial charge in [-0.3, -0.25) is 4.99 Å². The van der Waals surface area contributed by atoms with Crippen molar-refractivity contribution in [2.24, 2.45) is 4.99 Å². The van der Waals surface area contributed by atoms with E-state index >= 15 is 0 Å². The van der Waals surface area contributed by atoms with Gasteiger partial charge in [0.2, 0.25) is 0 Å². The van der Waals surface area contributed by atoms with Crippen molar-refractivity contribution >= 4 is 17.3 Å². The molecule has 2 aromatic rings. The average Bonchev–Trinajstić information content (AvgIpc) is 3.06. The number of ether oxygens (including phenoxy) is 3. The first-order valence-corrected chi connectivity index (χ1v) is 9.02. The highest BCUT2D eigenvalue weighted by molar-refractivity contribution is 7.09. The van der Waals surface area contributed by atoms with E-state index in [9.17, 15) is 0 Å². The molecule has 0 saturated heterocycles. The fourth-order valence-electron chi connectivity index (χ4n) is 2.60. The number of aryl methyl sites for hydroxylation is 1. The van der Waals surface area contributed by atoms with Gasteiger partial charge in [-0.15, -0.1) is 11.3 Å². The quantitative estimate of drug-likeness (QED) is 0.590. The molecule has 0 aliphatic heterocycles. The van der Waals surface area contributed by atoms with Crippen LogP contribution in [0.3, 0.4) is 0 Å². The first kappa shape index (κ1) is 19.8. The van der Waals surface area contributed by atoms with Gasteiger partial charge in [0.1, 0.15) is 17.2 Å². The van der Waals surface area contributed by atoms with Crippen molar-refractivity contribution in [2.45, 2.75) is 20.0 Å². The summed E-state index contributed by atoms with van der Waals surface area (Å²) in [6.07, 6.45) is 0. The summed E-state index contributed by atoms with van der Waals surface area (Å²) in [7, 11) is 8.61. The Balaban J connectivity index is 2.12. The van der Waals surface area contributed by atoms with E-state index in [2.05, 4.69) is 20.7 Å². The van der Waals surface area contributed by atoms with Crippen LogP contribution < -0.4 is 19.5 Å². The van der Waals surface area contributed by atoms with E-state index in [4.69, 9.17) is 14.2 Å². The van der Waals surface area contributed by atoms with Crippen molar-refractivity contribution in [1.82, 2.24) is 15.2 Å². The highest BCUT2D eigenvalue weighted by Gasteiger charge is 2.15. The molecule has 0 aliphatic rings. The van der Waals surface area contributed by atoms with E-state index in [1.165, 1.54) is 0 Å². The SMILES string of the molecule is CN=C(NCc1c(OC)cc(OC)cc1OC)N(C)Cc1csc(C)n1. The Morgan fingerprint density at radius 1 is 1.19 bits per heavy atom. The molecule has 1 heterocycles. The van der Waals surface area contributed by atoms with E-state index in [0.29, 0.717) is 30.3 Å². The zero-order valence-corrected chi connectivity index (χ0v) is 16.9. The summed E-state index contributed by atoms with van der Waals surface area (Å²) in [5.41, 5.74) is 1.92. The first-order chi connectivity index (χ1) is 12.5. The van der Waals surface area contributed by atoms with Gasteiger partial charge in [0, 0.05) is 31.6 Å². The topological polar surface area (TPSA) is 68.2 Å². The molecule has 0 fully saturated rings. The van der Waals surface area contributed by atoms with Crippen LogP contribution in [0.2, 0.25) is 0 Å². The summed E-state index contributed by atoms with van der Waals surface area (Å²) in [5.74, 6) is 2.84. The average molecular weight is 378 g/mol. The lowest BCUT2D eigenvalue weighted by atomic mass is 10.1. The van der Waals surface area contributed by atoms with E-state index in [-0.39, 0.29) is 0 Å². The molecular formula is C18H26N4O3S. The van der Waals surface area contributed by atoms with Crippen molar-refractivity contribution in [2.75, 3.05) is 35.4 Å². The molecule has 1 aromatic carbocycles. The van der Waals surface area contributed by atoms with Crippen molar-refractivity contribution in [3.05, 3.63) is 33.8 Å². The third kappa shape index (κ3) is 4.78. The van der Waals surface area contributed by atoms with Crippen LogP contribution in [0.1, 0.15) is 16.3 Å². The summed E-state index contributed by atoms with van der Waals surface area (Å²) < 4.78 is 16.3. The van der Waals surface area contributed by atoms with Crippen molar-refractivity contribution in [3.8, 4) is 17.2 Å². The highest BCUT2D eigenvalue weighted by Crippen LogP contribution is 2.33. The number of benzene rings is 1. The second kappa shape index (κ2) is 9.28. The van der Waals surface area contributed by atoms with Gasteiger partial charge in [0.15, 0.2) is 5.96 Å². The fourth-order valence-corrected chi connectivity index (χ4v) is 3.21. The Bertz CT molecular complexity index is 736. The molecule has 8 heteroatoms. The first-order valence-electron chi connectivity index (χ1n) is 8.14. The van der Waals surface area contributed by atoms with Crippen LogP contribution in [0, 0.1) is 6.92 Å².